The van der Waals surface area contributed by atoms with Gasteiger partial charge in [0.15, 0.2) is 5.75 Å². The Morgan fingerprint density at radius 1 is 0.950 bits per heavy atom. The monoisotopic (exact) mass is 562 g/mol. The van der Waals surface area contributed by atoms with E-state index < -0.39 is 16.9 Å². The molecule has 5 rings (SSSR count). The Hall–Kier alpha value is -3.87. The van der Waals surface area contributed by atoms with Crippen molar-refractivity contribution in [2.45, 2.75) is 37.8 Å². The molecule has 3 aliphatic heterocycles. The van der Waals surface area contributed by atoms with Crippen molar-refractivity contribution in [3.8, 4) is 11.5 Å². The van der Waals surface area contributed by atoms with Crippen molar-refractivity contribution in [3.63, 3.8) is 0 Å². The van der Waals surface area contributed by atoms with Crippen molar-refractivity contribution >= 4 is 17.1 Å². The second-order valence-corrected chi connectivity index (χ2v) is 10.4. The third-order valence-corrected chi connectivity index (χ3v) is 7.64. The summed E-state index contributed by atoms with van der Waals surface area (Å²) in [6.45, 7) is 7.01. The van der Waals surface area contributed by atoms with Crippen LogP contribution in [0.1, 0.15) is 19.8 Å². The first-order valence-electron chi connectivity index (χ1n) is 13.3. The van der Waals surface area contributed by atoms with Gasteiger partial charge in [-0.15, -0.1) is 13.2 Å². The summed E-state index contributed by atoms with van der Waals surface area (Å²) in [6.07, 6.45) is 0.722. The molecule has 3 aliphatic rings. The molecule has 2 aromatic carbocycles. The Labute approximate surface area is 230 Å². The lowest BCUT2D eigenvalue weighted by molar-refractivity contribution is -0.385. The third-order valence-electron chi connectivity index (χ3n) is 7.64. The fourth-order valence-electron chi connectivity index (χ4n) is 5.46. The first-order chi connectivity index (χ1) is 19.1. The van der Waals surface area contributed by atoms with E-state index in [2.05, 4.69) is 30.1 Å². The molecule has 0 spiro atoms. The van der Waals surface area contributed by atoms with Gasteiger partial charge in [-0.25, -0.2) is 0 Å². The summed E-state index contributed by atoms with van der Waals surface area (Å²) in [7, 11) is 0. The minimum atomic E-state index is -4.70. The number of nitrogens with zero attached hydrogens (tertiary/aromatic N) is 4. The van der Waals surface area contributed by atoms with Crippen molar-refractivity contribution in [3.05, 3.63) is 65.0 Å². The van der Waals surface area contributed by atoms with E-state index in [0.29, 0.717) is 6.04 Å². The first kappa shape index (κ1) is 27.7. The number of rotatable bonds is 8. The molecule has 0 radical (unpaired) electrons. The average molecular weight is 563 g/mol. The van der Waals surface area contributed by atoms with E-state index in [1.165, 1.54) is 12.1 Å². The van der Waals surface area contributed by atoms with E-state index in [1.807, 2.05) is 13.0 Å². The highest BCUT2D eigenvalue weighted by Crippen LogP contribution is 2.34. The molecule has 2 fully saturated rings. The summed E-state index contributed by atoms with van der Waals surface area (Å²) in [5, 5.41) is 18.0. The second kappa shape index (κ2) is 11.3. The van der Waals surface area contributed by atoms with Crippen molar-refractivity contribution in [2.75, 3.05) is 55.7 Å². The zero-order valence-corrected chi connectivity index (χ0v) is 22.2. The van der Waals surface area contributed by atoms with Crippen LogP contribution in [-0.4, -0.2) is 73.8 Å². The lowest BCUT2D eigenvalue weighted by Gasteiger charge is -2.43. The largest absolute Gasteiger partial charge is 0.573 e. The van der Waals surface area contributed by atoms with Gasteiger partial charge in [0.1, 0.15) is 18.0 Å². The van der Waals surface area contributed by atoms with Crippen LogP contribution in [0.4, 0.5) is 30.2 Å². The van der Waals surface area contributed by atoms with E-state index >= 15 is 0 Å². The zero-order valence-electron chi connectivity index (χ0n) is 22.2. The Morgan fingerprint density at radius 3 is 2.15 bits per heavy atom. The molecule has 216 valence electrons. The fourth-order valence-corrected chi connectivity index (χ4v) is 5.46. The van der Waals surface area contributed by atoms with Crippen LogP contribution in [-0.2, 0) is 0 Å². The maximum atomic E-state index is 12.4. The van der Waals surface area contributed by atoms with E-state index in [1.54, 1.807) is 36.7 Å². The van der Waals surface area contributed by atoms with Crippen molar-refractivity contribution < 1.29 is 27.6 Å². The van der Waals surface area contributed by atoms with Crippen LogP contribution in [0.2, 0.25) is 0 Å². The molecule has 0 saturated carbocycles. The van der Waals surface area contributed by atoms with Crippen LogP contribution in [0.25, 0.3) is 0 Å². The number of ether oxygens (including phenoxy) is 2. The standard InChI is InChI=1S/C27H33F3N6O4/c1-26(31-10-11-32-26)19-39-25-7-4-22(18-24(25)36(37)38)33-12-8-21(9-13-33)35-16-14-34(15-17-35)20-2-5-23(6-3-20)40-27(28,29)30/h2-7,10-11,18,21,31-32H,8-9,12-17,19H2,1H3. The first-order valence-corrected chi connectivity index (χ1v) is 13.3. The summed E-state index contributed by atoms with van der Waals surface area (Å²) in [6, 6.07) is 11.6. The molecule has 0 aliphatic carbocycles. The predicted molar refractivity (Wildman–Crippen MR) is 145 cm³/mol. The molecule has 10 nitrogen and oxygen atoms in total. The number of piperidine rings is 1. The smallest absolute Gasteiger partial charge is 0.482 e. The molecular formula is C27H33F3N6O4. The number of alkyl halides is 3. The van der Waals surface area contributed by atoms with Crippen LogP contribution in [0.5, 0.6) is 11.5 Å². The maximum Gasteiger partial charge on any atom is 0.573 e. The number of nitro groups is 1. The van der Waals surface area contributed by atoms with Gasteiger partial charge in [-0.2, -0.15) is 0 Å². The molecule has 2 saturated heterocycles. The number of hydrogen-bond donors (Lipinski definition) is 2. The summed E-state index contributed by atoms with van der Waals surface area (Å²) in [5.74, 6) is 0.0143. The third kappa shape index (κ3) is 6.64. The Kier molecular flexibility index (Phi) is 7.83. The molecule has 0 bridgehead atoms. The normalized spacial score (nSPS) is 19.7. The molecule has 0 aromatic heterocycles. The van der Waals surface area contributed by atoms with Crippen LogP contribution in [0.3, 0.4) is 0 Å². The van der Waals surface area contributed by atoms with Gasteiger partial charge < -0.3 is 29.9 Å². The molecule has 0 amide bonds. The quantitative estimate of drug-likeness (QED) is 0.365. The van der Waals surface area contributed by atoms with Gasteiger partial charge in [0, 0.05) is 75.2 Å². The predicted octanol–water partition coefficient (Wildman–Crippen LogP) is 4.04. The van der Waals surface area contributed by atoms with E-state index in [0.717, 1.165) is 63.5 Å². The number of anilines is 2. The minimum absolute atomic E-state index is 0.0525. The topological polar surface area (TPSA) is 95.4 Å². The number of benzene rings is 2. The van der Waals surface area contributed by atoms with E-state index in [4.69, 9.17) is 4.74 Å². The molecule has 0 unspecified atom stereocenters. The van der Waals surface area contributed by atoms with Gasteiger partial charge in [-0.3, -0.25) is 15.0 Å². The summed E-state index contributed by atoms with van der Waals surface area (Å²) < 4.78 is 47.0. The van der Waals surface area contributed by atoms with Crippen LogP contribution in [0, 0.1) is 10.1 Å². The summed E-state index contributed by atoms with van der Waals surface area (Å²) in [4.78, 5) is 18.2. The number of nitrogens with one attached hydrogen (secondary N) is 2. The fraction of sp³-hybridized carbons (Fsp3) is 0.481. The maximum absolute atomic E-state index is 12.4. The molecule has 40 heavy (non-hydrogen) atoms. The van der Waals surface area contributed by atoms with E-state index in [-0.39, 0.29) is 23.8 Å². The number of hydrogen-bond acceptors (Lipinski definition) is 9. The van der Waals surface area contributed by atoms with Crippen LogP contribution >= 0.6 is 0 Å². The summed E-state index contributed by atoms with van der Waals surface area (Å²) in [5.41, 5.74) is 1.11. The Balaban J connectivity index is 1.11. The van der Waals surface area contributed by atoms with Crippen LogP contribution < -0.4 is 29.9 Å². The van der Waals surface area contributed by atoms with Crippen molar-refractivity contribution in [1.29, 1.82) is 0 Å². The number of halogens is 3. The van der Waals surface area contributed by atoms with Gasteiger partial charge in [-0.1, -0.05) is 0 Å². The lowest BCUT2D eigenvalue weighted by atomic mass is 10.0. The highest BCUT2D eigenvalue weighted by atomic mass is 19.4. The second-order valence-electron chi connectivity index (χ2n) is 10.4. The van der Waals surface area contributed by atoms with Gasteiger partial charge in [-0.05, 0) is 56.2 Å². The minimum Gasteiger partial charge on any atom is -0.482 e. The van der Waals surface area contributed by atoms with Gasteiger partial charge in [0.2, 0.25) is 0 Å². The number of nitro benzene ring substituents is 1. The van der Waals surface area contributed by atoms with Crippen molar-refractivity contribution in [1.82, 2.24) is 15.5 Å². The molecule has 2 aromatic rings. The molecule has 13 heteroatoms. The van der Waals surface area contributed by atoms with Gasteiger partial charge in [0.25, 0.3) is 0 Å². The van der Waals surface area contributed by atoms with E-state index in [9.17, 15) is 23.3 Å². The SMILES string of the molecule is CC1(COc2ccc(N3CCC(N4CCN(c5ccc(OC(F)(F)F)cc5)CC4)CC3)cc2[N+](=O)[O-])NC=CN1. The number of piperazine rings is 1. The molecule has 3 heterocycles. The highest BCUT2D eigenvalue weighted by Gasteiger charge is 2.32. The van der Waals surface area contributed by atoms with Gasteiger partial charge in [0.05, 0.1) is 4.92 Å². The Morgan fingerprint density at radius 2 is 1.55 bits per heavy atom. The average Bonchev–Trinajstić information content (AvgIpc) is 3.38. The lowest BCUT2D eigenvalue weighted by Crippen LogP contribution is -2.53. The molecule has 0 atom stereocenters. The van der Waals surface area contributed by atoms with Crippen molar-refractivity contribution in [2.24, 2.45) is 0 Å². The molecule has 2 N–H and O–H groups in total. The summed E-state index contributed by atoms with van der Waals surface area (Å²) >= 11 is 0. The Bertz CT molecular complexity index is 1200. The van der Waals surface area contributed by atoms with Gasteiger partial charge >= 0.3 is 12.0 Å². The molecular weight excluding hydrogens is 529 g/mol. The zero-order chi connectivity index (χ0) is 28.3. The highest BCUT2D eigenvalue weighted by molar-refractivity contribution is 5.60. The van der Waals surface area contributed by atoms with Crippen LogP contribution in [0.15, 0.2) is 54.9 Å².